The summed E-state index contributed by atoms with van der Waals surface area (Å²) in [7, 11) is 0. The van der Waals surface area contributed by atoms with E-state index in [1.165, 1.54) is 12.8 Å². The van der Waals surface area contributed by atoms with Gasteiger partial charge in [-0.25, -0.2) is 0 Å². The summed E-state index contributed by atoms with van der Waals surface area (Å²) >= 11 is 0. The number of nitrogens with zero attached hydrogens (tertiary/aromatic N) is 1. The van der Waals surface area contributed by atoms with Crippen molar-refractivity contribution in [2.24, 2.45) is 5.92 Å². The Morgan fingerprint density at radius 3 is 2.33 bits per heavy atom. The van der Waals surface area contributed by atoms with Gasteiger partial charge in [-0.05, 0) is 43.9 Å². The zero-order valence-electron chi connectivity index (χ0n) is 14.6. The molecule has 0 spiro atoms. The van der Waals surface area contributed by atoms with Gasteiger partial charge in [0.15, 0.2) is 0 Å². The van der Waals surface area contributed by atoms with Crippen LogP contribution in [-0.2, 0) is 13.1 Å². The molecular weight excluding hydrogens is 260 g/mol. The summed E-state index contributed by atoms with van der Waals surface area (Å²) in [5.74, 6) is 2.83. The SMILES string of the molecule is CCCNCc1ccc(CN(CC(C)C)C(CC)CC)o1. The third-order valence-corrected chi connectivity index (χ3v) is 3.86. The number of hydrogen-bond donors (Lipinski definition) is 1. The average Bonchev–Trinajstić information content (AvgIpc) is 2.87. The van der Waals surface area contributed by atoms with Crippen LogP contribution >= 0.6 is 0 Å². The van der Waals surface area contributed by atoms with E-state index >= 15 is 0 Å². The molecule has 0 aromatic carbocycles. The van der Waals surface area contributed by atoms with E-state index in [1.54, 1.807) is 0 Å². The van der Waals surface area contributed by atoms with Crippen LogP contribution in [0.4, 0.5) is 0 Å². The van der Waals surface area contributed by atoms with Gasteiger partial charge in [-0.3, -0.25) is 4.90 Å². The van der Waals surface area contributed by atoms with Crippen molar-refractivity contribution < 1.29 is 4.42 Å². The van der Waals surface area contributed by atoms with Crippen molar-refractivity contribution in [3.63, 3.8) is 0 Å². The van der Waals surface area contributed by atoms with Gasteiger partial charge in [-0.1, -0.05) is 34.6 Å². The van der Waals surface area contributed by atoms with E-state index in [4.69, 9.17) is 4.42 Å². The fraction of sp³-hybridized carbons (Fsp3) is 0.778. The van der Waals surface area contributed by atoms with Gasteiger partial charge in [0.05, 0.1) is 13.1 Å². The molecule has 1 aromatic rings. The van der Waals surface area contributed by atoms with E-state index in [9.17, 15) is 0 Å². The number of furan rings is 1. The van der Waals surface area contributed by atoms with Gasteiger partial charge in [0, 0.05) is 12.6 Å². The molecule has 21 heavy (non-hydrogen) atoms. The summed E-state index contributed by atoms with van der Waals surface area (Å²) in [6.07, 6.45) is 3.56. The first-order valence-corrected chi connectivity index (χ1v) is 8.62. The molecule has 0 saturated heterocycles. The van der Waals surface area contributed by atoms with Gasteiger partial charge in [0.25, 0.3) is 0 Å². The molecule has 0 unspecified atom stereocenters. The highest BCUT2D eigenvalue weighted by Crippen LogP contribution is 2.17. The fourth-order valence-electron chi connectivity index (χ4n) is 2.81. The molecule has 0 radical (unpaired) electrons. The lowest BCUT2D eigenvalue weighted by molar-refractivity contribution is 0.145. The van der Waals surface area contributed by atoms with Crippen molar-refractivity contribution in [2.45, 2.75) is 73.0 Å². The summed E-state index contributed by atoms with van der Waals surface area (Å²) in [6.45, 7) is 15.3. The van der Waals surface area contributed by atoms with Gasteiger partial charge in [-0.15, -0.1) is 0 Å². The molecule has 0 fully saturated rings. The maximum atomic E-state index is 5.98. The van der Waals surface area contributed by atoms with Gasteiger partial charge in [-0.2, -0.15) is 0 Å². The Kier molecular flexibility index (Phi) is 8.70. The minimum absolute atomic E-state index is 0.652. The highest BCUT2D eigenvalue weighted by molar-refractivity contribution is 5.07. The van der Waals surface area contributed by atoms with E-state index in [-0.39, 0.29) is 0 Å². The average molecular weight is 294 g/mol. The Balaban J connectivity index is 2.61. The fourth-order valence-corrected chi connectivity index (χ4v) is 2.81. The lowest BCUT2D eigenvalue weighted by atomic mass is 10.1. The summed E-state index contributed by atoms with van der Waals surface area (Å²) in [6, 6.07) is 4.90. The Labute approximate surface area is 131 Å². The molecule has 122 valence electrons. The largest absolute Gasteiger partial charge is 0.463 e. The summed E-state index contributed by atoms with van der Waals surface area (Å²) in [4.78, 5) is 2.58. The Hall–Kier alpha value is -0.800. The van der Waals surface area contributed by atoms with Gasteiger partial charge < -0.3 is 9.73 Å². The van der Waals surface area contributed by atoms with Crippen molar-refractivity contribution in [1.82, 2.24) is 10.2 Å². The molecule has 1 aromatic heterocycles. The molecule has 0 saturated carbocycles. The lowest BCUT2D eigenvalue weighted by Crippen LogP contribution is -2.36. The zero-order valence-corrected chi connectivity index (χ0v) is 14.6. The summed E-state index contributed by atoms with van der Waals surface area (Å²) in [5, 5.41) is 3.39. The first-order chi connectivity index (χ1) is 10.1. The topological polar surface area (TPSA) is 28.4 Å². The van der Waals surface area contributed by atoms with Crippen molar-refractivity contribution in [2.75, 3.05) is 13.1 Å². The third kappa shape index (κ3) is 6.66. The van der Waals surface area contributed by atoms with Crippen LogP contribution in [0.2, 0.25) is 0 Å². The molecule has 1 N–H and O–H groups in total. The smallest absolute Gasteiger partial charge is 0.118 e. The molecule has 1 rings (SSSR count). The van der Waals surface area contributed by atoms with Crippen molar-refractivity contribution in [3.8, 4) is 0 Å². The van der Waals surface area contributed by atoms with Crippen molar-refractivity contribution >= 4 is 0 Å². The van der Waals surface area contributed by atoms with Gasteiger partial charge in [0.1, 0.15) is 11.5 Å². The van der Waals surface area contributed by atoms with Crippen LogP contribution in [0, 0.1) is 5.92 Å². The Bertz CT molecular complexity index is 369. The molecule has 0 aliphatic heterocycles. The van der Waals surface area contributed by atoms with E-state index < -0.39 is 0 Å². The molecule has 0 aliphatic rings. The minimum atomic E-state index is 0.652. The normalized spacial score (nSPS) is 12.0. The van der Waals surface area contributed by atoms with Crippen LogP contribution in [0.1, 0.15) is 65.4 Å². The molecule has 3 nitrogen and oxygen atoms in total. The van der Waals surface area contributed by atoms with Crippen molar-refractivity contribution in [3.05, 3.63) is 23.7 Å². The van der Waals surface area contributed by atoms with Crippen LogP contribution < -0.4 is 5.32 Å². The zero-order chi connectivity index (χ0) is 15.7. The van der Waals surface area contributed by atoms with Gasteiger partial charge in [0.2, 0.25) is 0 Å². The molecule has 3 heteroatoms. The molecule has 0 aliphatic carbocycles. The highest BCUT2D eigenvalue weighted by atomic mass is 16.3. The summed E-state index contributed by atoms with van der Waals surface area (Å²) in [5.41, 5.74) is 0. The van der Waals surface area contributed by atoms with Gasteiger partial charge >= 0.3 is 0 Å². The maximum absolute atomic E-state index is 5.98. The minimum Gasteiger partial charge on any atom is -0.463 e. The molecular formula is C18H34N2O. The Morgan fingerprint density at radius 1 is 1.10 bits per heavy atom. The first kappa shape index (κ1) is 18.2. The van der Waals surface area contributed by atoms with Crippen LogP contribution in [0.15, 0.2) is 16.5 Å². The van der Waals surface area contributed by atoms with Crippen LogP contribution in [-0.4, -0.2) is 24.0 Å². The van der Waals surface area contributed by atoms with E-state index in [0.29, 0.717) is 12.0 Å². The third-order valence-electron chi connectivity index (χ3n) is 3.86. The Morgan fingerprint density at radius 2 is 1.76 bits per heavy atom. The molecule has 0 atom stereocenters. The standard InChI is InChI=1S/C18H34N2O/c1-6-11-19-12-17-9-10-18(21-17)14-20(13-15(4)5)16(7-2)8-3/h9-10,15-16,19H,6-8,11-14H2,1-5H3. The molecule has 1 heterocycles. The predicted octanol–water partition coefficient (Wildman–Crippen LogP) is 4.43. The number of hydrogen-bond acceptors (Lipinski definition) is 3. The monoisotopic (exact) mass is 294 g/mol. The lowest BCUT2D eigenvalue weighted by Gasteiger charge is -2.31. The van der Waals surface area contributed by atoms with Crippen molar-refractivity contribution in [1.29, 1.82) is 0 Å². The number of nitrogens with one attached hydrogen (secondary N) is 1. The second-order valence-electron chi connectivity index (χ2n) is 6.34. The second-order valence-corrected chi connectivity index (χ2v) is 6.34. The quantitative estimate of drug-likeness (QED) is 0.612. The maximum Gasteiger partial charge on any atom is 0.118 e. The molecule has 0 bridgehead atoms. The van der Waals surface area contributed by atoms with Crippen LogP contribution in [0.25, 0.3) is 0 Å². The van der Waals surface area contributed by atoms with E-state index in [0.717, 1.165) is 44.1 Å². The highest BCUT2D eigenvalue weighted by Gasteiger charge is 2.18. The number of rotatable bonds is 11. The first-order valence-electron chi connectivity index (χ1n) is 8.62. The predicted molar refractivity (Wildman–Crippen MR) is 90.3 cm³/mol. The second kappa shape index (κ2) is 10.0. The van der Waals surface area contributed by atoms with Crippen LogP contribution in [0.5, 0.6) is 0 Å². The van der Waals surface area contributed by atoms with E-state index in [2.05, 4.69) is 57.0 Å². The molecule has 0 amide bonds. The summed E-state index contributed by atoms with van der Waals surface area (Å²) < 4.78 is 5.98. The van der Waals surface area contributed by atoms with Crippen LogP contribution in [0.3, 0.4) is 0 Å². The van der Waals surface area contributed by atoms with E-state index in [1.807, 2.05) is 0 Å².